The number of nitrogens with zero attached hydrogens (tertiary/aromatic N) is 2. The van der Waals surface area contributed by atoms with Crippen LogP contribution in [0.1, 0.15) is 43.5 Å². The Bertz CT molecular complexity index is 876. The van der Waals surface area contributed by atoms with Crippen LogP contribution in [0.5, 0.6) is 0 Å². The fourth-order valence-corrected chi connectivity index (χ4v) is 3.94. The number of para-hydroxylation sites is 2. The lowest BCUT2D eigenvalue weighted by Gasteiger charge is -2.28. The van der Waals surface area contributed by atoms with Gasteiger partial charge in [0.2, 0.25) is 5.91 Å². The molecule has 2 atom stereocenters. The minimum atomic E-state index is -0.268. The quantitative estimate of drug-likeness (QED) is 0.615. The molecule has 1 N–H and O–H groups in total. The van der Waals surface area contributed by atoms with E-state index in [1.54, 1.807) is 23.9 Å². The van der Waals surface area contributed by atoms with Crippen LogP contribution in [-0.4, -0.2) is 33.1 Å². The molecule has 1 heterocycles. The highest BCUT2D eigenvalue weighted by Gasteiger charge is 2.21. The Morgan fingerprint density at radius 1 is 1.19 bits per heavy atom. The molecule has 0 saturated carbocycles. The molecule has 27 heavy (non-hydrogen) atoms. The summed E-state index contributed by atoms with van der Waals surface area (Å²) < 4.78 is 13.1. The van der Waals surface area contributed by atoms with Gasteiger partial charge in [-0.05, 0) is 50.6 Å². The number of fused-ring (bicyclic) bond motifs is 1. The average molecular weight is 386 g/mol. The lowest BCUT2D eigenvalue weighted by molar-refractivity contribution is -0.130. The summed E-state index contributed by atoms with van der Waals surface area (Å²) in [6, 6.07) is 14.2. The lowest BCUT2D eigenvalue weighted by atomic mass is 10.1. The van der Waals surface area contributed by atoms with E-state index in [1.807, 2.05) is 43.0 Å². The van der Waals surface area contributed by atoms with Crippen LogP contribution in [-0.2, 0) is 4.79 Å². The zero-order chi connectivity index (χ0) is 19.4. The van der Waals surface area contributed by atoms with Crippen molar-refractivity contribution in [1.29, 1.82) is 0 Å². The molecule has 4 nitrogen and oxygen atoms in total. The standard InChI is InChI=1S/C21H24FN3OS/c1-4-25(14(2)16-9-11-17(22)12-10-16)20(26)13-27-15(3)21-23-18-7-5-6-8-19(18)24-21/h5-12,14-15H,4,13H2,1-3H3,(H,23,24). The summed E-state index contributed by atoms with van der Waals surface area (Å²) in [5.41, 5.74) is 2.87. The summed E-state index contributed by atoms with van der Waals surface area (Å²) in [5, 5.41) is 0.0844. The van der Waals surface area contributed by atoms with Crippen molar-refractivity contribution in [3.63, 3.8) is 0 Å². The largest absolute Gasteiger partial charge is 0.341 e. The van der Waals surface area contributed by atoms with Gasteiger partial charge >= 0.3 is 0 Å². The molecular weight excluding hydrogens is 361 g/mol. The van der Waals surface area contributed by atoms with Crippen molar-refractivity contribution in [2.75, 3.05) is 12.3 Å². The summed E-state index contributed by atoms with van der Waals surface area (Å²) >= 11 is 1.57. The average Bonchev–Trinajstić information content (AvgIpc) is 3.11. The molecule has 2 aromatic carbocycles. The topological polar surface area (TPSA) is 49.0 Å². The zero-order valence-electron chi connectivity index (χ0n) is 15.8. The minimum Gasteiger partial charge on any atom is -0.341 e. The van der Waals surface area contributed by atoms with Crippen molar-refractivity contribution in [1.82, 2.24) is 14.9 Å². The number of amides is 1. The molecule has 0 aliphatic carbocycles. The Balaban J connectivity index is 1.63. The van der Waals surface area contributed by atoms with Gasteiger partial charge in [-0.3, -0.25) is 4.79 Å². The van der Waals surface area contributed by atoms with E-state index in [0.29, 0.717) is 12.3 Å². The van der Waals surface area contributed by atoms with Crippen molar-refractivity contribution in [3.8, 4) is 0 Å². The second-order valence-corrected chi connectivity index (χ2v) is 7.83. The number of imidazole rings is 1. The molecular formula is C21H24FN3OS. The van der Waals surface area contributed by atoms with Gasteiger partial charge in [0.1, 0.15) is 11.6 Å². The number of rotatable bonds is 7. The first-order valence-electron chi connectivity index (χ1n) is 9.10. The van der Waals surface area contributed by atoms with Gasteiger partial charge < -0.3 is 9.88 Å². The summed E-state index contributed by atoms with van der Waals surface area (Å²) in [4.78, 5) is 22.5. The van der Waals surface area contributed by atoms with Crippen LogP contribution in [0.2, 0.25) is 0 Å². The van der Waals surface area contributed by atoms with Gasteiger partial charge in [-0.1, -0.05) is 24.3 Å². The first-order chi connectivity index (χ1) is 13.0. The number of nitrogens with one attached hydrogen (secondary N) is 1. The molecule has 0 spiro atoms. The normalized spacial score (nSPS) is 13.5. The van der Waals surface area contributed by atoms with Crippen LogP contribution < -0.4 is 0 Å². The number of H-pyrrole nitrogens is 1. The number of aromatic nitrogens is 2. The number of benzene rings is 2. The highest BCUT2D eigenvalue weighted by Crippen LogP contribution is 2.29. The molecule has 142 valence electrons. The van der Waals surface area contributed by atoms with E-state index in [-0.39, 0.29) is 23.0 Å². The summed E-state index contributed by atoms with van der Waals surface area (Å²) in [7, 11) is 0. The van der Waals surface area contributed by atoms with Crippen LogP contribution in [0.4, 0.5) is 4.39 Å². The van der Waals surface area contributed by atoms with E-state index < -0.39 is 0 Å². The molecule has 0 saturated heterocycles. The van der Waals surface area contributed by atoms with Gasteiger partial charge in [-0.25, -0.2) is 9.37 Å². The molecule has 3 rings (SSSR count). The highest BCUT2D eigenvalue weighted by atomic mass is 32.2. The smallest absolute Gasteiger partial charge is 0.233 e. The van der Waals surface area contributed by atoms with E-state index in [0.717, 1.165) is 22.4 Å². The third-order valence-electron chi connectivity index (χ3n) is 4.73. The van der Waals surface area contributed by atoms with E-state index in [9.17, 15) is 9.18 Å². The monoisotopic (exact) mass is 385 g/mol. The summed E-state index contributed by atoms with van der Waals surface area (Å²) in [5.74, 6) is 1.05. The maximum absolute atomic E-state index is 13.1. The zero-order valence-corrected chi connectivity index (χ0v) is 16.6. The van der Waals surface area contributed by atoms with E-state index >= 15 is 0 Å². The van der Waals surface area contributed by atoms with Crippen LogP contribution in [0, 0.1) is 5.82 Å². The number of carbonyl (C=O) groups is 1. The predicted molar refractivity (Wildman–Crippen MR) is 109 cm³/mol. The van der Waals surface area contributed by atoms with Gasteiger partial charge in [0, 0.05) is 6.54 Å². The molecule has 2 unspecified atom stereocenters. The summed E-state index contributed by atoms with van der Waals surface area (Å²) in [6.45, 7) is 6.60. The highest BCUT2D eigenvalue weighted by molar-refractivity contribution is 8.00. The van der Waals surface area contributed by atoms with Crippen LogP contribution in [0.25, 0.3) is 11.0 Å². The lowest BCUT2D eigenvalue weighted by Crippen LogP contribution is -2.34. The molecule has 0 aliphatic rings. The van der Waals surface area contributed by atoms with E-state index in [4.69, 9.17) is 0 Å². The molecule has 0 bridgehead atoms. The van der Waals surface area contributed by atoms with Crippen molar-refractivity contribution >= 4 is 28.7 Å². The van der Waals surface area contributed by atoms with Crippen LogP contribution in [0.3, 0.4) is 0 Å². The molecule has 0 fully saturated rings. The number of thioether (sulfide) groups is 1. The fourth-order valence-electron chi connectivity index (χ4n) is 3.11. The number of aromatic amines is 1. The molecule has 1 amide bonds. The first-order valence-corrected chi connectivity index (χ1v) is 10.2. The third kappa shape index (κ3) is 4.50. The fraction of sp³-hybridized carbons (Fsp3) is 0.333. The van der Waals surface area contributed by atoms with Gasteiger partial charge in [0.05, 0.1) is 28.1 Å². The van der Waals surface area contributed by atoms with Crippen LogP contribution >= 0.6 is 11.8 Å². The molecule has 1 aromatic heterocycles. The number of halogens is 1. The number of hydrogen-bond acceptors (Lipinski definition) is 3. The first kappa shape index (κ1) is 19.4. The van der Waals surface area contributed by atoms with Crippen molar-refractivity contribution in [3.05, 3.63) is 65.7 Å². The molecule has 3 aromatic rings. The molecule has 0 radical (unpaired) electrons. The second-order valence-electron chi connectivity index (χ2n) is 6.50. The van der Waals surface area contributed by atoms with E-state index in [2.05, 4.69) is 16.9 Å². The number of carbonyl (C=O) groups excluding carboxylic acids is 1. The van der Waals surface area contributed by atoms with Crippen molar-refractivity contribution in [2.45, 2.75) is 32.1 Å². The maximum atomic E-state index is 13.1. The van der Waals surface area contributed by atoms with Gasteiger partial charge in [-0.15, -0.1) is 11.8 Å². The van der Waals surface area contributed by atoms with Crippen molar-refractivity contribution < 1.29 is 9.18 Å². The predicted octanol–water partition coefficient (Wildman–Crippen LogP) is 5.11. The Kier molecular flexibility index (Phi) is 6.16. The third-order valence-corrected chi connectivity index (χ3v) is 5.87. The Labute approximate surface area is 163 Å². The minimum absolute atomic E-state index is 0.0716. The maximum Gasteiger partial charge on any atom is 0.233 e. The Hall–Kier alpha value is -2.34. The van der Waals surface area contributed by atoms with Gasteiger partial charge in [0.15, 0.2) is 0 Å². The molecule has 6 heteroatoms. The van der Waals surface area contributed by atoms with Crippen LogP contribution in [0.15, 0.2) is 48.5 Å². The Morgan fingerprint density at radius 2 is 1.89 bits per heavy atom. The second kappa shape index (κ2) is 8.57. The van der Waals surface area contributed by atoms with Gasteiger partial charge in [-0.2, -0.15) is 0 Å². The van der Waals surface area contributed by atoms with E-state index in [1.165, 1.54) is 12.1 Å². The summed E-state index contributed by atoms with van der Waals surface area (Å²) in [6.07, 6.45) is 0. The SMILES string of the molecule is CCN(C(=O)CSC(C)c1nc2ccccc2[nH]1)C(C)c1ccc(F)cc1. The van der Waals surface area contributed by atoms with Gasteiger partial charge in [0.25, 0.3) is 0 Å². The Morgan fingerprint density at radius 3 is 2.56 bits per heavy atom. The molecule has 0 aliphatic heterocycles. The number of hydrogen-bond donors (Lipinski definition) is 1. The van der Waals surface area contributed by atoms with Crippen molar-refractivity contribution in [2.24, 2.45) is 0 Å².